The summed E-state index contributed by atoms with van der Waals surface area (Å²) >= 11 is 3.43. The smallest absolute Gasteiger partial charge is 0.115 e. The third kappa shape index (κ3) is 2.89. The van der Waals surface area contributed by atoms with Crippen LogP contribution in [0.4, 0.5) is 0 Å². The van der Waals surface area contributed by atoms with Crippen LogP contribution in [0.1, 0.15) is 25.6 Å². The summed E-state index contributed by atoms with van der Waals surface area (Å²) in [5.74, 6) is 0. The minimum atomic E-state index is 0.136. The fourth-order valence-corrected chi connectivity index (χ4v) is 1.65. The molecule has 1 N–H and O–H groups in total. The molecule has 1 aromatic rings. The number of aromatic nitrogens is 2. The van der Waals surface area contributed by atoms with Gasteiger partial charge in [-0.05, 0) is 36.8 Å². The zero-order valence-corrected chi connectivity index (χ0v) is 10.2. The van der Waals surface area contributed by atoms with Crippen LogP contribution in [0, 0.1) is 0 Å². The quantitative estimate of drug-likeness (QED) is 0.844. The second kappa shape index (κ2) is 5.22. The molecule has 14 heavy (non-hydrogen) atoms. The summed E-state index contributed by atoms with van der Waals surface area (Å²) in [5.41, 5.74) is 2.22. The van der Waals surface area contributed by atoms with Crippen molar-refractivity contribution < 1.29 is 0 Å². The highest BCUT2D eigenvalue weighted by molar-refractivity contribution is 9.10. The van der Waals surface area contributed by atoms with Gasteiger partial charge in [-0.2, -0.15) is 0 Å². The van der Waals surface area contributed by atoms with E-state index in [2.05, 4.69) is 51.1 Å². The second-order valence-electron chi connectivity index (χ2n) is 3.27. The van der Waals surface area contributed by atoms with E-state index < -0.39 is 0 Å². The maximum atomic E-state index is 4.24. The summed E-state index contributed by atoms with van der Waals surface area (Å²) in [6.07, 6.45) is 5.45. The van der Waals surface area contributed by atoms with Crippen LogP contribution >= 0.6 is 15.9 Å². The number of nitrogens with zero attached hydrogens (tertiary/aromatic N) is 2. The number of halogens is 1. The van der Waals surface area contributed by atoms with Crippen LogP contribution in [0.3, 0.4) is 0 Å². The van der Waals surface area contributed by atoms with Gasteiger partial charge in [0, 0.05) is 6.20 Å². The molecule has 0 saturated heterocycles. The van der Waals surface area contributed by atoms with Crippen LogP contribution in [0.25, 0.3) is 0 Å². The van der Waals surface area contributed by atoms with Gasteiger partial charge in [0.05, 0.1) is 16.2 Å². The third-order valence-electron chi connectivity index (χ3n) is 1.80. The Morgan fingerprint density at radius 1 is 1.57 bits per heavy atom. The van der Waals surface area contributed by atoms with Crippen LogP contribution in [0.15, 0.2) is 28.6 Å². The van der Waals surface area contributed by atoms with E-state index in [1.807, 2.05) is 7.05 Å². The first-order valence-corrected chi connectivity index (χ1v) is 5.22. The Morgan fingerprint density at radius 2 is 2.29 bits per heavy atom. The highest BCUT2D eigenvalue weighted by Gasteiger charge is 2.10. The SMILES string of the molecule is CNC(C=C(C)C)c1ncncc1Br. The summed E-state index contributed by atoms with van der Waals surface area (Å²) in [7, 11) is 1.92. The monoisotopic (exact) mass is 255 g/mol. The summed E-state index contributed by atoms with van der Waals surface area (Å²) in [6.45, 7) is 4.14. The molecule has 76 valence electrons. The maximum Gasteiger partial charge on any atom is 0.115 e. The minimum Gasteiger partial charge on any atom is -0.308 e. The molecule has 0 aromatic carbocycles. The summed E-state index contributed by atoms with van der Waals surface area (Å²) in [6, 6.07) is 0.136. The molecule has 0 aliphatic rings. The number of nitrogens with one attached hydrogen (secondary N) is 1. The predicted octanol–water partition coefficient (Wildman–Crippen LogP) is 2.47. The third-order valence-corrected chi connectivity index (χ3v) is 2.41. The molecule has 1 unspecified atom stereocenters. The van der Waals surface area contributed by atoms with E-state index in [0.29, 0.717) is 0 Å². The highest BCUT2D eigenvalue weighted by atomic mass is 79.9. The minimum absolute atomic E-state index is 0.136. The molecule has 0 aliphatic heterocycles. The first-order chi connectivity index (χ1) is 6.65. The molecule has 1 rings (SSSR count). The standard InChI is InChI=1S/C10H14BrN3/c1-7(2)4-9(12-3)10-8(11)5-13-6-14-10/h4-6,9,12H,1-3H3. The van der Waals surface area contributed by atoms with Crippen LogP contribution in [0.5, 0.6) is 0 Å². The van der Waals surface area contributed by atoms with E-state index in [4.69, 9.17) is 0 Å². The van der Waals surface area contributed by atoms with Crippen molar-refractivity contribution in [1.29, 1.82) is 0 Å². The average Bonchev–Trinajstić information content (AvgIpc) is 2.15. The Labute approximate surface area is 92.8 Å². The van der Waals surface area contributed by atoms with Gasteiger partial charge in [0.25, 0.3) is 0 Å². The van der Waals surface area contributed by atoms with Crippen molar-refractivity contribution in [3.05, 3.63) is 34.3 Å². The fourth-order valence-electron chi connectivity index (χ4n) is 1.18. The Kier molecular flexibility index (Phi) is 4.22. The van der Waals surface area contributed by atoms with Gasteiger partial charge in [0.15, 0.2) is 0 Å². The molecule has 1 atom stereocenters. The molecule has 3 nitrogen and oxygen atoms in total. The van der Waals surface area contributed by atoms with Gasteiger partial charge in [0.1, 0.15) is 6.33 Å². The lowest BCUT2D eigenvalue weighted by Gasteiger charge is -2.12. The molecule has 4 heteroatoms. The van der Waals surface area contributed by atoms with Gasteiger partial charge in [-0.15, -0.1) is 0 Å². The van der Waals surface area contributed by atoms with E-state index in [-0.39, 0.29) is 6.04 Å². The van der Waals surface area contributed by atoms with Crippen molar-refractivity contribution >= 4 is 15.9 Å². The van der Waals surface area contributed by atoms with E-state index >= 15 is 0 Å². The van der Waals surface area contributed by atoms with Crippen LogP contribution < -0.4 is 5.32 Å². The largest absolute Gasteiger partial charge is 0.308 e. The van der Waals surface area contributed by atoms with Crippen LogP contribution in [-0.2, 0) is 0 Å². The molecule has 0 saturated carbocycles. The first-order valence-electron chi connectivity index (χ1n) is 4.43. The number of rotatable bonds is 3. The second-order valence-corrected chi connectivity index (χ2v) is 4.12. The number of hydrogen-bond donors (Lipinski definition) is 1. The molecule has 1 aromatic heterocycles. The van der Waals surface area contributed by atoms with Gasteiger partial charge in [-0.1, -0.05) is 11.6 Å². The van der Waals surface area contributed by atoms with Crippen molar-refractivity contribution in [2.75, 3.05) is 7.05 Å². The molecule has 0 amide bonds. The lowest BCUT2D eigenvalue weighted by molar-refractivity contribution is 0.681. The van der Waals surface area contributed by atoms with Gasteiger partial charge < -0.3 is 5.32 Å². The summed E-state index contributed by atoms with van der Waals surface area (Å²) in [5, 5.41) is 3.19. The topological polar surface area (TPSA) is 37.8 Å². The van der Waals surface area contributed by atoms with E-state index in [9.17, 15) is 0 Å². The van der Waals surface area contributed by atoms with Gasteiger partial charge >= 0.3 is 0 Å². The van der Waals surface area contributed by atoms with Gasteiger partial charge in [-0.3, -0.25) is 0 Å². The lowest BCUT2D eigenvalue weighted by atomic mass is 10.1. The molecule has 0 spiro atoms. The van der Waals surface area contributed by atoms with Crippen molar-refractivity contribution in [2.24, 2.45) is 0 Å². The van der Waals surface area contributed by atoms with Crippen molar-refractivity contribution in [3.8, 4) is 0 Å². The van der Waals surface area contributed by atoms with Gasteiger partial charge in [0.2, 0.25) is 0 Å². The van der Waals surface area contributed by atoms with E-state index in [1.165, 1.54) is 5.57 Å². The number of likely N-dealkylation sites (N-methyl/N-ethyl adjacent to an activating group) is 1. The molecular formula is C10H14BrN3. The Balaban J connectivity index is 3.01. The Bertz CT molecular complexity index is 332. The van der Waals surface area contributed by atoms with Crippen LogP contribution in [-0.4, -0.2) is 17.0 Å². The van der Waals surface area contributed by atoms with Crippen molar-refractivity contribution in [2.45, 2.75) is 19.9 Å². The fraction of sp³-hybridized carbons (Fsp3) is 0.400. The predicted molar refractivity (Wildman–Crippen MR) is 61.0 cm³/mol. The first kappa shape index (κ1) is 11.3. The summed E-state index contributed by atoms with van der Waals surface area (Å²) in [4.78, 5) is 8.17. The van der Waals surface area contributed by atoms with E-state index in [0.717, 1.165) is 10.2 Å². The van der Waals surface area contributed by atoms with Crippen molar-refractivity contribution in [1.82, 2.24) is 15.3 Å². The number of allylic oxidation sites excluding steroid dienone is 1. The molecule has 0 radical (unpaired) electrons. The van der Waals surface area contributed by atoms with Crippen LogP contribution in [0.2, 0.25) is 0 Å². The summed E-state index contributed by atoms with van der Waals surface area (Å²) < 4.78 is 0.928. The molecular weight excluding hydrogens is 242 g/mol. The maximum absolute atomic E-state index is 4.24. The van der Waals surface area contributed by atoms with E-state index in [1.54, 1.807) is 12.5 Å². The zero-order valence-electron chi connectivity index (χ0n) is 8.58. The van der Waals surface area contributed by atoms with Gasteiger partial charge in [-0.25, -0.2) is 9.97 Å². The van der Waals surface area contributed by atoms with Crippen molar-refractivity contribution in [3.63, 3.8) is 0 Å². The molecule has 1 heterocycles. The zero-order chi connectivity index (χ0) is 10.6. The molecule has 0 bridgehead atoms. The number of hydrogen-bond acceptors (Lipinski definition) is 3. The Hall–Kier alpha value is -0.740. The highest BCUT2D eigenvalue weighted by Crippen LogP contribution is 2.21. The molecule has 0 fully saturated rings. The lowest BCUT2D eigenvalue weighted by Crippen LogP contribution is -2.16. The average molecular weight is 256 g/mol. The normalized spacial score (nSPS) is 12.3. The Morgan fingerprint density at radius 3 is 2.79 bits per heavy atom. The molecule has 0 aliphatic carbocycles.